The van der Waals surface area contributed by atoms with Crippen LogP contribution in [0.3, 0.4) is 0 Å². The van der Waals surface area contributed by atoms with E-state index < -0.39 is 5.54 Å². The molecule has 1 heterocycles. The fourth-order valence-corrected chi connectivity index (χ4v) is 3.67. The quantitative estimate of drug-likeness (QED) is 0.783. The SMILES string of the molecule is CC1(C)NC(=O)N(CCSC2CCCC2)C1=O. The molecule has 1 aliphatic carbocycles. The van der Waals surface area contributed by atoms with Crippen molar-refractivity contribution >= 4 is 23.7 Å². The molecule has 0 aromatic carbocycles. The van der Waals surface area contributed by atoms with E-state index in [0.29, 0.717) is 6.54 Å². The molecule has 2 aliphatic rings. The van der Waals surface area contributed by atoms with Crippen molar-refractivity contribution in [3.8, 4) is 0 Å². The number of hydrogen-bond donors (Lipinski definition) is 1. The second-order valence-electron chi connectivity index (χ2n) is 5.29. The molecule has 0 aromatic rings. The molecular weight excluding hydrogens is 236 g/mol. The number of rotatable bonds is 4. The van der Waals surface area contributed by atoms with Crippen LogP contribution in [0.4, 0.5) is 4.79 Å². The number of nitrogens with one attached hydrogen (secondary N) is 1. The summed E-state index contributed by atoms with van der Waals surface area (Å²) in [6.07, 6.45) is 5.23. The molecular formula is C12H20N2O2S. The molecule has 2 fully saturated rings. The van der Waals surface area contributed by atoms with Gasteiger partial charge in [-0.25, -0.2) is 4.79 Å². The molecule has 0 aromatic heterocycles. The van der Waals surface area contributed by atoms with Gasteiger partial charge >= 0.3 is 6.03 Å². The van der Waals surface area contributed by atoms with E-state index in [0.717, 1.165) is 11.0 Å². The summed E-state index contributed by atoms with van der Waals surface area (Å²) in [4.78, 5) is 24.9. The second-order valence-corrected chi connectivity index (χ2v) is 6.70. The standard InChI is InChI=1S/C12H20N2O2S/c1-12(2)10(15)14(11(16)13-12)7-8-17-9-5-3-4-6-9/h9H,3-8H2,1-2H3,(H,13,16). The van der Waals surface area contributed by atoms with Crippen LogP contribution >= 0.6 is 11.8 Å². The van der Waals surface area contributed by atoms with E-state index in [1.54, 1.807) is 13.8 Å². The van der Waals surface area contributed by atoms with Crippen LogP contribution in [0, 0.1) is 0 Å². The van der Waals surface area contributed by atoms with Crippen LogP contribution in [-0.2, 0) is 4.79 Å². The third kappa shape index (κ3) is 2.76. The minimum Gasteiger partial charge on any atom is -0.324 e. The van der Waals surface area contributed by atoms with Gasteiger partial charge in [0.2, 0.25) is 0 Å². The molecule has 0 radical (unpaired) electrons. The molecule has 1 saturated heterocycles. The molecule has 0 atom stereocenters. The molecule has 4 nitrogen and oxygen atoms in total. The minimum absolute atomic E-state index is 0.102. The van der Waals surface area contributed by atoms with Crippen LogP contribution in [0.1, 0.15) is 39.5 Å². The summed E-state index contributed by atoms with van der Waals surface area (Å²) in [6.45, 7) is 4.03. The van der Waals surface area contributed by atoms with Gasteiger partial charge in [-0.1, -0.05) is 12.8 Å². The zero-order valence-electron chi connectivity index (χ0n) is 10.5. The van der Waals surface area contributed by atoms with E-state index in [1.165, 1.54) is 30.6 Å². The van der Waals surface area contributed by atoms with E-state index in [-0.39, 0.29) is 11.9 Å². The van der Waals surface area contributed by atoms with Crippen LogP contribution in [0.15, 0.2) is 0 Å². The van der Waals surface area contributed by atoms with Gasteiger partial charge in [-0.3, -0.25) is 9.69 Å². The summed E-state index contributed by atoms with van der Waals surface area (Å²) >= 11 is 1.90. The first-order valence-electron chi connectivity index (χ1n) is 6.26. The molecule has 5 heteroatoms. The van der Waals surface area contributed by atoms with Crippen molar-refractivity contribution in [1.29, 1.82) is 0 Å². The van der Waals surface area contributed by atoms with Crippen molar-refractivity contribution in [2.45, 2.75) is 50.3 Å². The number of carbonyl (C=O) groups excluding carboxylic acids is 2. The molecule has 2 rings (SSSR count). The van der Waals surface area contributed by atoms with Crippen molar-refractivity contribution in [2.24, 2.45) is 0 Å². The molecule has 3 amide bonds. The highest BCUT2D eigenvalue weighted by Crippen LogP contribution is 2.29. The van der Waals surface area contributed by atoms with Gasteiger partial charge in [-0.05, 0) is 26.7 Å². The highest BCUT2D eigenvalue weighted by molar-refractivity contribution is 7.99. The van der Waals surface area contributed by atoms with E-state index in [9.17, 15) is 9.59 Å². The molecule has 1 aliphatic heterocycles. The maximum absolute atomic E-state index is 11.9. The number of hydrogen-bond acceptors (Lipinski definition) is 3. The first-order valence-corrected chi connectivity index (χ1v) is 7.31. The lowest BCUT2D eigenvalue weighted by molar-refractivity contribution is -0.130. The Labute approximate surface area is 106 Å². The zero-order valence-corrected chi connectivity index (χ0v) is 11.3. The summed E-state index contributed by atoms with van der Waals surface area (Å²) in [5.74, 6) is 0.759. The van der Waals surface area contributed by atoms with Gasteiger partial charge in [-0.15, -0.1) is 0 Å². The maximum atomic E-state index is 11.9. The lowest BCUT2D eigenvalue weighted by Gasteiger charge is -2.16. The summed E-state index contributed by atoms with van der Waals surface area (Å²) in [5.41, 5.74) is -0.727. The normalized spacial score (nSPS) is 24.5. The molecule has 1 saturated carbocycles. The number of thioether (sulfide) groups is 1. The zero-order chi connectivity index (χ0) is 12.5. The van der Waals surface area contributed by atoms with Gasteiger partial charge in [-0.2, -0.15) is 11.8 Å². The average Bonchev–Trinajstić information content (AvgIpc) is 2.80. The molecule has 0 unspecified atom stereocenters. The fourth-order valence-electron chi connectivity index (χ4n) is 2.39. The van der Waals surface area contributed by atoms with Gasteiger partial charge in [0.05, 0.1) is 0 Å². The predicted octanol–water partition coefficient (Wildman–Crippen LogP) is 1.99. The van der Waals surface area contributed by atoms with Gasteiger partial charge in [0.1, 0.15) is 5.54 Å². The van der Waals surface area contributed by atoms with Crippen molar-refractivity contribution < 1.29 is 9.59 Å². The van der Waals surface area contributed by atoms with Gasteiger partial charge in [0.25, 0.3) is 5.91 Å². The summed E-state index contributed by atoms with van der Waals surface area (Å²) in [7, 11) is 0. The maximum Gasteiger partial charge on any atom is 0.325 e. The summed E-state index contributed by atoms with van der Waals surface area (Å²) in [6, 6.07) is -0.243. The molecule has 0 spiro atoms. The number of imide groups is 1. The lowest BCUT2D eigenvalue weighted by Crippen LogP contribution is -2.40. The predicted molar refractivity (Wildman–Crippen MR) is 69.0 cm³/mol. The first kappa shape index (κ1) is 12.7. The van der Waals surface area contributed by atoms with Crippen LogP contribution in [0.2, 0.25) is 0 Å². The molecule has 17 heavy (non-hydrogen) atoms. The summed E-state index contributed by atoms with van der Waals surface area (Å²) < 4.78 is 0. The smallest absolute Gasteiger partial charge is 0.324 e. The average molecular weight is 256 g/mol. The van der Waals surface area contributed by atoms with E-state index in [4.69, 9.17) is 0 Å². The largest absolute Gasteiger partial charge is 0.325 e. The summed E-state index contributed by atoms with van der Waals surface area (Å²) in [5, 5.41) is 3.44. The van der Waals surface area contributed by atoms with Gasteiger partial charge in [0.15, 0.2) is 0 Å². The van der Waals surface area contributed by atoms with E-state index in [1.807, 2.05) is 11.8 Å². The Hall–Kier alpha value is -0.710. The number of amides is 3. The monoisotopic (exact) mass is 256 g/mol. The van der Waals surface area contributed by atoms with Crippen molar-refractivity contribution in [3.05, 3.63) is 0 Å². The second kappa shape index (κ2) is 4.88. The molecule has 0 bridgehead atoms. The highest BCUT2D eigenvalue weighted by atomic mass is 32.2. The fraction of sp³-hybridized carbons (Fsp3) is 0.833. The topological polar surface area (TPSA) is 49.4 Å². The van der Waals surface area contributed by atoms with Crippen LogP contribution in [0.25, 0.3) is 0 Å². The van der Waals surface area contributed by atoms with Gasteiger partial charge in [0, 0.05) is 17.5 Å². The third-order valence-electron chi connectivity index (χ3n) is 3.42. The van der Waals surface area contributed by atoms with Crippen molar-refractivity contribution in [3.63, 3.8) is 0 Å². The lowest BCUT2D eigenvalue weighted by atomic mass is 10.1. The van der Waals surface area contributed by atoms with E-state index >= 15 is 0 Å². The van der Waals surface area contributed by atoms with E-state index in [2.05, 4.69) is 5.32 Å². The van der Waals surface area contributed by atoms with Crippen molar-refractivity contribution in [1.82, 2.24) is 10.2 Å². The number of nitrogens with zero attached hydrogens (tertiary/aromatic N) is 1. The molecule has 1 N–H and O–H groups in total. The Morgan fingerprint density at radius 2 is 2.00 bits per heavy atom. The Morgan fingerprint density at radius 3 is 2.53 bits per heavy atom. The third-order valence-corrected chi connectivity index (χ3v) is 4.78. The van der Waals surface area contributed by atoms with Crippen LogP contribution < -0.4 is 5.32 Å². The Kier molecular flexibility index (Phi) is 3.66. The minimum atomic E-state index is -0.727. The Balaban J connectivity index is 1.79. The number of urea groups is 1. The number of carbonyl (C=O) groups is 2. The first-order chi connectivity index (χ1) is 8.00. The van der Waals surface area contributed by atoms with Crippen LogP contribution in [0.5, 0.6) is 0 Å². The van der Waals surface area contributed by atoms with Gasteiger partial charge < -0.3 is 5.32 Å². The Morgan fingerprint density at radius 1 is 1.35 bits per heavy atom. The van der Waals surface area contributed by atoms with Crippen LogP contribution in [-0.4, -0.2) is 39.9 Å². The van der Waals surface area contributed by atoms with Crippen molar-refractivity contribution in [2.75, 3.05) is 12.3 Å². The molecule has 96 valence electrons. The Bertz CT molecular complexity index is 324. The highest BCUT2D eigenvalue weighted by Gasteiger charge is 2.43.